The molecule has 7 heteroatoms. The molecule has 0 atom stereocenters. The molecule has 0 bridgehead atoms. The molecule has 1 heterocycles. The summed E-state index contributed by atoms with van der Waals surface area (Å²) in [6.45, 7) is 1.90. The highest BCUT2D eigenvalue weighted by Crippen LogP contribution is 2.33. The molecule has 1 aromatic heterocycles. The average Bonchev–Trinajstić information content (AvgIpc) is 2.85. The molecule has 20 heavy (non-hydrogen) atoms. The topological polar surface area (TPSA) is 68.4 Å². The zero-order valence-corrected chi connectivity index (χ0v) is 12.4. The van der Waals surface area contributed by atoms with Crippen LogP contribution in [0.4, 0.5) is 0 Å². The molecule has 108 valence electrons. The molecule has 0 fully saturated rings. The van der Waals surface area contributed by atoms with Gasteiger partial charge in [-0.3, -0.25) is 0 Å². The maximum Gasteiger partial charge on any atom is 0.264 e. The summed E-state index contributed by atoms with van der Waals surface area (Å²) < 4.78 is 10.6. The number of ether oxygens (including phenoxy) is 1. The first-order valence-electron chi connectivity index (χ1n) is 6.17. The van der Waals surface area contributed by atoms with Crippen molar-refractivity contribution in [1.82, 2.24) is 10.1 Å². The van der Waals surface area contributed by atoms with Gasteiger partial charge in [0.25, 0.3) is 5.89 Å². The summed E-state index contributed by atoms with van der Waals surface area (Å²) in [6, 6.07) is 3.15. The summed E-state index contributed by atoms with van der Waals surface area (Å²) in [5.41, 5.74) is 0.510. The maximum atomic E-state index is 9.29. The van der Waals surface area contributed by atoms with Crippen LogP contribution in [0.15, 0.2) is 16.7 Å². The number of aliphatic hydroxyl groups excluding tert-OH is 1. The summed E-state index contributed by atoms with van der Waals surface area (Å²) in [5.74, 6) is 1.38. The highest BCUT2D eigenvalue weighted by molar-refractivity contribution is 6.35. The first kappa shape index (κ1) is 15.1. The Morgan fingerprint density at radius 3 is 2.85 bits per heavy atom. The second-order valence-electron chi connectivity index (χ2n) is 4.18. The zero-order valence-electron chi connectivity index (χ0n) is 10.9. The van der Waals surface area contributed by atoms with E-state index in [4.69, 9.17) is 32.5 Å². The Morgan fingerprint density at radius 1 is 1.35 bits per heavy atom. The van der Waals surface area contributed by atoms with Crippen molar-refractivity contribution in [3.8, 4) is 5.75 Å². The van der Waals surface area contributed by atoms with E-state index in [0.29, 0.717) is 33.1 Å². The second-order valence-corrected chi connectivity index (χ2v) is 5.02. The minimum Gasteiger partial charge on any atom is -0.482 e. The molecule has 0 unspecified atom stereocenters. The number of hydrogen-bond donors (Lipinski definition) is 1. The fourth-order valence-electron chi connectivity index (χ4n) is 1.70. The SMILES string of the molecule is CCCc1noc(COc2c(Cl)cc(Cl)cc2CO)n1. The van der Waals surface area contributed by atoms with Crippen molar-refractivity contribution >= 4 is 23.2 Å². The quantitative estimate of drug-likeness (QED) is 0.884. The minimum absolute atomic E-state index is 0.0884. The lowest BCUT2D eigenvalue weighted by Gasteiger charge is -2.10. The van der Waals surface area contributed by atoms with Crippen LogP contribution < -0.4 is 4.74 Å². The van der Waals surface area contributed by atoms with E-state index in [2.05, 4.69) is 10.1 Å². The minimum atomic E-state index is -0.222. The molecular weight excluding hydrogens is 303 g/mol. The van der Waals surface area contributed by atoms with Crippen molar-refractivity contribution in [3.05, 3.63) is 39.5 Å². The molecule has 0 saturated heterocycles. The van der Waals surface area contributed by atoms with Crippen LogP contribution in [0.2, 0.25) is 10.0 Å². The lowest BCUT2D eigenvalue weighted by atomic mass is 10.2. The molecule has 0 spiro atoms. The van der Waals surface area contributed by atoms with Crippen LogP contribution in [0.3, 0.4) is 0 Å². The van der Waals surface area contributed by atoms with Crippen LogP contribution in [0.5, 0.6) is 5.75 Å². The Balaban J connectivity index is 2.10. The van der Waals surface area contributed by atoms with E-state index in [9.17, 15) is 5.11 Å². The van der Waals surface area contributed by atoms with Crippen LogP contribution in [0.25, 0.3) is 0 Å². The van der Waals surface area contributed by atoms with E-state index < -0.39 is 0 Å². The third-order valence-corrected chi connectivity index (χ3v) is 3.08. The Kier molecular flexibility index (Phi) is 5.23. The number of aryl methyl sites for hydroxylation is 1. The lowest BCUT2D eigenvalue weighted by molar-refractivity contribution is 0.229. The van der Waals surface area contributed by atoms with Gasteiger partial charge in [0.1, 0.15) is 5.75 Å². The number of hydrogen-bond acceptors (Lipinski definition) is 5. The van der Waals surface area contributed by atoms with Crippen molar-refractivity contribution in [1.29, 1.82) is 0 Å². The molecular formula is C13H14Cl2N2O3. The highest BCUT2D eigenvalue weighted by atomic mass is 35.5. The van der Waals surface area contributed by atoms with Gasteiger partial charge >= 0.3 is 0 Å². The van der Waals surface area contributed by atoms with E-state index >= 15 is 0 Å². The first-order valence-corrected chi connectivity index (χ1v) is 6.92. The molecule has 0 aliphatic rings. The van der Waals surface area contributed by atoms with E-state index in [1.54, 1.807) is 12.1 Å². The number of halogens is 2. The predicted molar refractivity (Wildman–Crippen MR) is 75.0 cm³/mol. The highest BCUT2D eigenvalue weighted by Gasteiger charge is 2.12. The summed E-state index contributed by atoms with van der Waals surface area (Å²) >= 11 is 11.9. The third kappa shape index (κ3) is 3.62. The van der Waals surface area contributed by atoms with Crippen LogP contribution in [-0.2, 0) is 19.6 Å². The monoisotopic (exact) mass is 316 g/mol. The van der Waals surface area contributed by atoms with Gasteiger partial charge < -0.3 is 14.4 Å². The van der Waals surface area contributed by atoms with Crippen molar-refractivity contribution in [2.75, 3.05) is 0 Å². The Labute approximate surface area is 126 Å². The first-order chi connectivity index (χ1) is 9.63. The normalized spacial score (nSPS) is 10.8. The molecule has 0 aliphatic carbocycles. The number of nitrogens with zero attached hydrogens (tertiary/aromatic N) is 2. The number of benzene rings is 1. The van der Waals surface area contributed by atoms with Crippen molar-refractivity contribution < 1.29 is 14.4 Å². The fourth-order valence-corrected chi connectivity index (χ4v) is 2.29. The van der Waals surface area contributed by atoms with E-state index in [1.807, 2.05) is 6.92 Å². The second kappa shape index (κ2) is 6.92. The van der Waals surface area contributed by atoms with Crippen molar-refractivity contribution in [2.45, 2.75) is 33.0 Å². The van der Waals surface area contributed by atoms with E-state index in [0.717, 1.165) is 12.8 Å². The maximum absolute atomic E-state index is 9.29. The molecule has 1 aromatic carbocycles. The van der Waals surface area contributed by atoms with Gasteiger partial charge in [-0.1, -0.05) is 35.3 Å². The van der Waals surface area contributed by atoms with Gasteiger partial charge in [0.2, 0.25) is 0 Å². The number of rotatable bonds is 6. The fraction of sp³-hybridized carbons (Fsp3) is 0.385. The number of aliphatic hydroxyl groups is 1. The van der Waals surface area contributed by atoms with Gasteiger partial charge in [-0.05, 0) is 18.6 Å². The zero-order chi connectivity index (χ0) is 14.5. The van der Waals surface area contributed by atoms with Gasteiger partial charge in [-0.2, -0.15) is 4.98 Å². The third-order valence-electron chi connectivity index (χ3n) is 2.58. The molecule has 5 nitrogen and oxygen atoms in total. The molecule has 2 aromatic rings. The molecule has 0 amide bonds. The van der Waals surface area contributed by atoms with E-state index in [1.165, 1.54) is 0 Å². The molecule has 0 saturated carbocycles. The van der Waals surface area contributed by atoms with Crippen molar-refractivity contribution in [2.24, 2.45) is 0 Å². The van der Waals surface area contributed by atoms with Gasteiger partial charge in [-0.15, -0.1) is 0 Å². The van der Waals surface area contributed by atoms with Gasteiger partial charge in [-0.25, -0.2) is 0 Å². The smallest absolute Gasteiger partial charge is 0.264 e. The van der Waals surface area contributed by atoms with Crippen LogP contribution in [0.1, 0.15) is 30.6 Å². The standard InChI is InChI=1S/C13H14Cl2N2O3/c1-2-3-11-16-12(20-17-11)7-19-13-8(6-18)4-9(14)5-10(13)15/h4-5,18H,2-3,6-7H2,1H3. The lowest BCUT2D eigenvalue weighted by Crippen LogP contribution is -2.00. The Morgan fingerprint density at radius 2 is 2.15 bits per heavy atom. The Bertz CT molecular complexity index is 587. The van der Waals surface area contributed by atoms with Gasteiger partial charge in [0.05, 0.1) is 11.6 Å². The predicted octanol–water partition coefficient (Wildman–Crippen LogP) is 3.40. The summed E-state index contributed by atoms with van der Waals surface area (Å²) in [7, 11) is 0. The van der Waals surface area contributed by atoms with Crippen LogP contribution >= 0.6 is 23.2 Å². The molecule has 0 aliphatic heterocycles. The van der Waals surface area contributed by atoms with E-state index in [-0.39, 0.29) is 13.2 Å². The van der Waals surface area contributed by atoms with Crippen molar-refractivity contribution in [3.63, 3.8) is 0 Å². The van der Waals surface area contributed by atoms with Crippen LogP contribution in [-0.4, -0.2) is 15.2 Å². The summed E-state index contributed by atoms with van der Waals surface area (Å²) in [6.07, 6.45) is 1.70. The largest absolute Gasteiger partial charge is 0.482 e. The summed E-state index contributed by atoms with van der Waals surface area (Å²) in [5, 5.41) is 13.9. The molecule has 0 radical (unpaired) electrons. The summed E-state index contributed by atoms with van der Waals surface area (Å²) in [4.78, 5) is 4.18. The van der Waals surface area contributed by atoms with Gasteiger partial charge in [0, 0.05) is 17.0 Å². The molecule has 1 N–H and O–H groups in total. The number of aromatic nitrogens is 2. The average molecular weight is 317 g/mol. The molecule has 2 rings (SSSR count). The van der Waals surface area contributed by atoms with Crippen LogP contribution in [0, 0.1) is 0 Å². The van der Waals surface area contributed by atoms with Gasteiger partial charge in [0.15, 0.2) is 12.4 Å². The Hall–Kier alpha value is -1.30.